The van der Waals surface area contributed by atoms with Gasteiger partial charge in [0.15, 0.2) is 0 Å². The number of benzene rings is 1. The fraction of sp³-hybridized carbons (Fsp3) is 0.143. The molecule has 18 heavy (non-hydrogen) atoms. The van der Waals surface area contributed by atoms with Crippen LogP contribution >= 0.6 is 0 Å². The van der Waals surface area contributed by atoms with Gasteiger partial charge in [0.05, 0.1) is 12.2 Å². The van der Waals surface area contributed by atoms with Crippen molar-refractivity contribution >= 4 is 11.6 Å². The molecule has 0 atom stereocenters. The molecule has 0 radical (unpaired) electrons. The Morgan fingerprint density at radius 1 is 1.17 bits per heavy atom. The lowest BCUT2D eigenvalue weighted by atomic mass is 10.1. The van der Waals surface area contributed by atoms with E-state index in [-0.39, 0.29) is 5.91 Å². The Labute approximate surface area is 106 Å². The normalized spacial score (nSPS) is 10.1. The maximum Gasteiger partial charge on any atom is 0.238 e. The lowest BCUT2D eigenvalue weighted by molar-refractivity contribution is -0.115. The van der Waals surface area contributed by atoms with Crippen LogP contribution in [-0.2, 0) is 4.79 Å². The van der Waals surface area contributed by atoms with Crippen LogP contribution in [0.15, 0.2) is 48.7 Å². The van der Waals surface area contributed by atoms with E-state index in [2.05, 4.69) is 15.6 Å². The van der Waals surface area contributed by atoms with Gasteiger partial charge in [-0.05, 0) is 31.3 Å². The minimum Gasteiger partial charge on any atom is -0.325 e. The molecular weight excluding hydrogens is 226 g/mol. The number of hydrogen-bond acceptors (Lipinski definition) is 3. The number of nitrogens with one attached hydrogen (secondary N) is 2. The first-order valence-corrected chi connectivity index (χ1v) is 5.75. The van der Waals surface area contributed by atoms with Gasteiger partial charge >= 0.3 is 0 Å². The van der Waals surface area contributed by atoms with Gasteiger partial charge in [-0.2, -0.15) is 0 Å². The Morgan fingerprint density at radius 2 is 1.94 bits per heavy atom. The summed E-state index contributed by atoms with van der Waals surface area (Å²) in [4.78, 5) is 15.7. The molecule has 0 saturated carbocycles. The van der Waals surface area contributed by atoms with E-state index in [0.29, 0.717) is 6.54 Å². The Kier molecular flexibility index (Phi) is 4.04. The molecule has 1 aromatic heterocycles. The van der Waals surface area contributed by atoms with E-state index >= 15 is 0 Å². The first kappa shape index (κ1) is 12.3. The Hall–Kier alpha value is -2.20. The number of carbonyl (C=O) groups excluding carboxylic acids is 1. The van der Waals surface area contributed by atoms with E-state index in [1.807, 2.05) is 42.5 Å². The van der Waals surface area contributed by atoms with Gasteiger partial charge in [0.1, 0.15) is 0 Å². The molecule has 0 spiro atoms. The van der Waals surface area contributed by atoms with E-state index in [9.17, 15) is 4.79 Å². The summed E-state index contributed by atoms with van der Waals surface area (Å²) in [6.45, 7) is 0.308. The number of aromatic nitrogens is 1. The topological polar surface area (TPSA) is 54.0 Å². The third kappa shape index (κ3) is 3.15. The number of hydrogen-bond donors (Lipinski definition) is 2. The van der Waals surface area contributed by atoms with E-state index in [1.54, 1.807) is 13.2 Å². The fourth-order valence-corrected chi connectivity index (χ4v) is 1.62. The number of pyridine rings is 1. The van der Waals surface area contributed by atoms with E-state index in [0.717, 1.165) is 16.9 Å². The maximum atomic E-state index is 11.4. The highest BCUT2D eigenvalue weighted by molar-refractivity contribution is 5.92. The van der Waals surface area contributed by atoms with Gasteiger partial charge in [-0.15, -0.1) is 0 Å². The zero-order valence-corrected chi connectivity index (χ0v) is 10.2. The SMILES string of the molecule is CNCC(=O)Nc1ccc(-c2ccccn2)cc1. The first-order valence-electron chi connectivity index (χ1n) is 5.75. The molecule has 0 saturated heterocycles. The van der Waals surface area contributed by atoms with Crippen molar-refractivity contribution in [2.75, 3.05) is 18.9 Å². The molecule has 4 heteroatoms. The molecule has 2 rings (SSSR count). The third-order valence-electron chi connectivity index (χ3n) is 2.47. The van der Waals surface area contributed by atoms with Crippen LogP contribution in [0, 0.1) is 0 Å². The van der Waals surface area contributed by atoms with Gasteiger partial charge in [0.25, 0.3) is 0 Å². The standard InChI is InChI=1S/C14H15N3O/c1-15-10-14(18)17-12-7-5-11(6-8-12)13-4-2-3-9-16-13/h2-9,15H,10H2,1H3,(H,17,18). The predicted molar refractivity (Wildman–Crippen MR) is 72.2 cm³/mol. The van der Waals surface area contributed by atoms with Crippen molar-refractivity contribution in [1.29, 1.82) is 0 Å². The van der Waals surface area contributed by atoms with Crippen LogP contribution in [0.1, 0.15) is 0 Å². The molecule has 0 aliphatic rings. The lowest BCUT2D eigenvalue weighted by Crippen LogP contribution is -2.24. The van der Waals surface area contributed by atoms with Crippen molar-refractivity contribution in [3.8, 4) is 11.3 Å². The molecule has 0 fully saturated rings. The van der Waals surface area contributed by atoms with Crippen LogP contribution in [0.25, 0.3) is 11.3 Å². The van der Waals surface area contributed by atoms with Crippen molar-refractivity contribution in [2.45, 2.75) is 0 Å². The summed E-state index contributed by atoms with van der Waals surface area (Å²) >= 11 is 0. The second kappa shape index (κ2) is 5.93. The molecule has 1 aromatic carbocycles. The maximum absolute atomic E-state index is 11.4. The highest BCUT2D eigenvalue weighted by Gasteiger charge is 2.01. The first-order chi connectivity index (χ1) is 8.79. The van der Waals surface area contributed by atoms with E-state index in [4.69, 9.17) is 0 Å². The molecular formula is C14H15N3O. The molecule has 1 amide bonds. The quantitative estimate of drug-likeness (QED) is 0.859. The van der Waals surface area contributed by atoms with Crippen LogP contribution in [0.4, 0.5) is 5.69 Å². The molecule has 0 unspecified atom stereocenters. The highest BCUT2D eigenvalue weighted by atomic mass is 16.1. The minimum absolute atomic E-state index is 0.0527. The van der Waals surface area contributed by atoms with Gasteiger partial charge in [-0.25, -0.2) is 0 Å². The van der Waals surface area contributed by atoms with Crippen LogP contribution in [0.5, 0.6) is 0 Å². The average molecular weight is 241 g/mol. The van der Waals surface area contributed by atoms with Gasteiger partial charge in [0.2, 0.25) is 5.91 Å². The van der Waals surface area contributed by atoms with Crippen molar-refractivity contribution in [1.82, 2.24) is 10.3 Å². The molecule has 0 bridgehead atoms. The zero-order valence-electron chi connectivity index (χ0n) is 10.2. The monoisotopic (exact) mass is 241 g/mol. The van der Waals surface area contributed by atoms with Crippen LogP contribution in [0.2, 0.25) is 0 Å². The van der Waals surface area contributed by atoms with E-state index in [1.165, 1.54) is 0 Å². The number of anilines is 1. The highest BCUT2D eigenvalue weighted by Crippen LogP contribution is 2.18. The van der Waals surface area contributed by atoms with Crippen molar-refractivity contribution in [3.05, 3.63) is 48.7 Å². The van der Waals surface area contributed by atoms with Gasteiger partial charge in [-0.1, -0.05) is 18.2 Å². The molecule has 2 aromatic rings. The predicted octanol–water partition coefficient (Wildman–Crippen LogP) is 1.91. The van der Waals surface area contributed by atoms with Crippen LogP contribution in [0.3, 0.4) is 0 Å². The Bertz CT molecular complexity index is 508. The molecule has 92 valence electrons. The van der Waals surface area contributed by atoms with E-state index < -0.39 is 0 Å². The van der Waals surface area contributed by atoms with Crippen molar-refractivity contribution < 1.29 is 4.79 Å². The lowest BCUT2D eigenvalue weighted by Gasteiger charge is -2.06. The summed E-state index contributed by atoms with van der Waals surface area (Å²) in [7, 11) is 1.74. The third-order valence-corrected chi connectivity index (χ3v) is 2.47. The van der Waals surface area contributed by atoms with Crippen LogP contribution < -0.4 is 10.6 Å². The minimum atomic E-state index is -0.0527. The number of nitrogens with zero attached hydrogens (tertiary/aromatic N) is 1. The number of amides is 1. The molecule has 4 nitrogen and oxygen atoms in total. The summed E-state index contributed by atoms with van der Waals surface area (Å²) in [5, 5.41) is 5.60. The summed E-state index contributed by atoms with van der Waals surface area (Å²) < 4.78 is 0. The van der Waals surface area contributed by atoms with Crippen LogP contribution in [-0.4, -0.2) is 24.5 Å². The van der Waals surface area contributed by atoms with Crippen molar-refractivity contribution in [2.24, 2.45) is 0 Å². The summed E-state index contributed by atoms with van der Waals surface area (Å²) in [6.07, 6.45) is 1.76. The van der Waals surface area contributed by atoms with Gasteiger partial charge < -0.3 is 10.6 Å². The molecule has 0 aliphatic carbocycles. The Balaban J connectivity index is 2.09. The zero-order chi connectivity index (χ0) is 12.8. The Morgan fingerprint density at radius 3 is 2.56 bits per heavy atom. The number of likely N-dealkylation sites (N-methyl/N-ethyl adjacent to an activating group) is 1. The summed E-state index contributed by atoms with van der Waals surface area (Å²) in [5.74, 6) is -0.0527. The largest absolute Gasteiger partial charge is 0.325 e. The van der Waals surface area contributed by atoms with Gasteiger partial charge in [-0.3, -0.25) is 9.78 Å². The fourth-order valence-electron chi connectivity index (χ4n) is 1.62. The number of rotatable bonds is 4. The summed E-state index contributed by atoms with van der Waals surface area (Å²) in [6, 6.07) is 13.4. The van der Waals surface area contributed by atoms with Gasteiger partial charge in [0, 0.05) is 17.4 Å². The molecule has 1 heterocycles. The second-order valence-electron chi connectivity index (χ2n) is 3.87. The van der Waals surface area contributed by atoms with Crippen molar-refractivity contribution in [3.63, 3.8) is 0 Å². The summed E-state index contributed by atoms with van der Waals surface area (Å²) in [5.41, 5.74) is 2.74. The molecule has 0 aliphatic heterocycles. The second-order valence-corrected chi connectivity index (χ2v) is 3.87. The molecule has 2 N–H and O–H groups in total. The number of carbonyl (C=O) groups is 1. The smallest absolute Gasteiger partial charge is 0.238 e. The average Bonchev–Trinajstić information content (AvgIpc) is 2.41.